The lowest BCUT2D eigenvalue weighted by molar-refractivity contribution is 0.146. The predicted octanol–water partition coefficient (Wildman–Crippen LogP) is 3.35. The van der Waals surface area contributed by atoms with Crippen LogP contribution in [0, 0.1) is 5.82 Å². The maximum absolute atomic E-state index is 14.0. The van der Waals surface area contributed by atoms with E-state index in [9.17, 15) is 9.50 Å². The van der Waals surface area contributed by atoms with E-state index in [4.69, 9.17) is 10.2 Å². The fraction of sp³-hybridized carbons (Fsp3) is 0.176. The van der Waals surface area contributed by atoms with Crippen LogP contribution in [0.5, 0.6) is 0 Å². The highest BCUT2D eigenvalue weighted by atomic mass is 19.1. The molecule has 3 nitrogen and oxygen atoms in total. The third-order valence-electron chi connectivity index (χ3n) is 3.77. The molecule has 3 rings (SSSR count). The summed E-state index contributed by atoms with van der Waals surface area (Å²) in [5, 5.41) is 11.5. The van der Waals surface area contributed by atoms with Crippen LogP contribution >= 0.6 is 0 Å². The molecular weight excluding hydrogens is 269 g/mol. The van der Waals surface area contributed by atoms with Gasteiger partial charge in [-0.25, -0.2) is 4.39 Å². The van der Waals surface area contributed by atoms with E-state index < -0.39 is 12.0 Å². The Labute approximate surface area is 121 Å². The van der Waals surface area contributed by atoms with Gasteiger partial charge in [0.2, 0.25) is 0 Å². The summed E-state index contributed by atoms with van der Waals surface area (Å²) in [6.45, 7) is 0.140. The van der Waals surface area contributed by atoms with Crippen LogP contribution in [0.2, 0.25) is 0 Å². The van der Waals surface area contributed by atoms with Crippen molar-refractivity contribution in [1.29, 1.82) is 0 Å². The average molecular weight is 285 g/mol. The second-order valence-corrected chi connectivity index (χ2v) is 5.00. The molecule has 0 amide bonds. The first-order valence-corrected chi connectivity index (χ1v) is 6.81. The molecule has 0 saturated carbocycles. The molecule has 4 heteroatoms. The molecule has 21 heavy (non-hydrogen) atoms. The minimum atomic E-state index is -0.921. The summed E-state index contributed by atoms with van der Waals surface area (Å²) in [7, 11) is 0. The van der Waals surface area contributed by atoms with E-state index in [0.717, 1.165) is 5.39 Å². The van der Waals surface area contributed by atoms with Gasteiger partial charge in [-0.2, -0.15) is 0 Å². The Balaban J connectivity index is 2.03. The van der Waals surface area contributed by atoms with Crippen molar-refractivity contribution >= 4 is 11.0 Å². The van der Waals surface area contributed by atoms with Gasteiger partial charge in [0.05, 0.1) is 12.4 Å². The number of para-hydroxylation sites is 1. The number of halogens is 1. The van der Waals surface area contributed by atoms with Gasteiger partial charge in [-0.3, -0.25) is 0 Å². The van der Waals surface area contributed by atoms with E-state index in [2.05, 4.69) is 0 Å². The van der Waals surface area contributed by atoms with Crippen LogP contribution in [0.3, 0.4) is 0 Å². The van der Waals surface area contributed by atoms with Gasteiger partial charge >= 0.3 is 0 Å². The van der Waals surface area contributed by atoms with Crippen molar-refractivity contribution in [3.63, 3.8) is 0 Å². The van der Waals surface area contributed by atoms with Crippen LogP contribution in [0.15, 0.2) is 59.2 Å². The van der Waals surface area contributed by atoms with Crippen molar-refractivity contribution in [3.05, 3.63) is 71.7 Å². The van der Waals surface area contributed by atoms with E-state index in [1.54, 1.807) is 18.2 Å². The summed E-state index contributed by atoms with van der Waals surface area (Å²) in [4.78, 5) is 0. The zero-order chi connectivity index (χ0) is 14.8. The number of hydrogen-bond acceptors (Lipinski definition) is 3. The average Bonchev–Trinajstić information content (AvgIpc) is 2.93. The van der Waals surface area contributed by atoms with Crippen molar-refractivity contribution in [3.8, 4) is 0 Å². The number of rotatable bonds is 4. The molecule has 1 heterocycles. The largest absolute Gasteiger partial charge is 0.464 e. The number of nitrogens with two attached hydrogens (primary N) is 1. The van der Waals surface area contributed by atoms with Crippen molar-refractivity contribution in [2.24, 2.45) is 5.73 Å². The Kier molecular flexibility index (Phi) is 3.73. The zero-order valence-electron chi connectivity index (χ0n) is 11.4. The van der Waals surface area contributed by atoms with E-state index in [1.165, 1.54) is 12.3 Å². The second-order valence-electron chi connectivity index (χ2n) is 5.00. The molecule has 0 aliphatic heterocycles. The molecule has 2 unspecified atom stereocenters. The summed E-state index contributed by atoms with van der Waals surface area (Å²) in [5.41, 5.74) is 7.50. The van der Waals surface area contributed by atoms with Crippen LogP contribution in [0.25, 0.3) is 11.0 Å². The molecule has 0 aliphatic rings. The number of fused-ring (bicyclic) bond motifs is 1. The molecule has 3 N–H and O–H groups in total. The molecule has 0 spiro atoms. The Morgan fingerprint density at radius 2 is 1.76 bits per heavy atom. The standard InChI is InChI=1S/C17H16FNO2/c18-15-7-3-1-5-11(15)13(9-19)17(20)14-10-21-16-8-4-2-6-12(14)16/h1-8,10,13,17,20H,9,19H2. The SMILES string of the molecule is NCC(c1ccccc1F)C(O)c1coc2ccccc12. The Bertz CT molecular complexity index is 753. The smallest absolute Gasteiger partial charge is 0.134 e. The van der Waals surface area contributed by atoms with Crippen molar-refractivity contribution in [2.75, 3.05) is 6.54 Å². The van der Waals surface area contributed by atoms with E-state index >= 15 is 0 Å². The number of hydrogen-bond donors (Lipinski definition) is 2. The Hall–Kier alpha value is -2.17. The number of aliphatic hydroxyl groups is 1. The van der Waals surface area contributed by atoms with E-state index in [-0.39, 0.29) is 12.4 Å². The molecule has 2 atom stereocenters. The summed E-state index contributed by atoms with van der Waals surface area (Å²) in [6, 6.07) is 13.8. The van der Waals surface area contributed by atoms with Crippen LogP contribution in [0.4, 0.5) is 4.39 Å². The van der Waals surface area contributed by atoms with Gasteiger partial charge in [-0.1, -0.05) is 36.4 Å². The van der Waals surface area contributed by atoms with Gasteiger partial charge in [0.15, 0.2) is 0 Å². The first kappa shape index (κ1) is 13.8. The van der Waals surface area contributed by atoms with Gasteiger partial charge < -0.3 is 15.3 Å². The second kappa shape index (κ2) is 5.68. The summed E-state index contributed by atoms with van der Waals surface area (Å²) in [5.74, 6) is -0.882. The maximum atomic E-state index is 14.0. The highest BCUT2D eigenvalue weighted by molar-refractivity contribution is 5.81. The summed E-state index contributed by atoms with van der Waals surface area (Å²) < 4.78 is 19.4. The van der Waals surface area contributed by atoms with Gasteiger partial charge in [0.25, 0.3) is 0 Å². The van der Waals surface area contributed by atoms with Gasteiger partial charge in [0, 0.05) is 23.4 Å². The van der Waals surface area contributed by atoms with Crippen LogP contribution < -0.4 is 5.73 Å². The normalized spacial score (nSPS) is 14.2. The Morgan fingerprint density at radius 3 is 2.52 bits per heavy atom. The molecule has 1 aromatic heterocycles. The molecule has 2 aromatic carbocycles. The summed E-state index contributed by atoms with van der Waals surface area (Å²) >= 11 is 0. The minimum Gasteiger partial charge on any atom is -0.464 e. The number of furan rings is 1. The van der Waals surface area contributed by atoms with E-state index in [1.807, 2.05) is 24.3 Å². The van der Waals surface area contributed by atoms with Crippen molar-refractivity contribution in [1.82, 2.24) is 0 Å². The molecule has 0 aliphatic carbocycles. The lowest BCUT2D eigenvalue weighted by Gasteiger charge is -2.21. The first-order valence-electron chi connectivity index (χ1n) is 6.81. The van der Waals surface area contributed by atoms with Gasteiger partial charge in [-0.05, 0) is 17.7 Å². The lowest BCUT2D eigenvalue weighted by atomic mass is 9.89. The van der Waals surface area contributed by atoms with Gasteiger partial charge in [-0.15, -0.1) is 0 Å². The van der Waals surface area contributed by atoms with E-state index in [0.29, 0.717) is 16.7 Å². The zero-order valence-corrected chi connectivity index (χ0v) is 11.4. The maximum Gasteiger partial charge on any atom is 0.134 e. The highest BCUT2D eigenvalue weighted by Crippen LogP contribution is 2.36. The van der Waals surface area contributed by atoms with Crippen LogP contribution in [-0.2, 0) is 0 Å². The fourth-order valence-corrected chi connectivity index (χ4v) is 2.65. The summed E-state index contributed by atoms with van der Waals surface area (Å²) in [6.07, 6.45) is 0.592. The third kappa shape index (κ3) is 2.44. The van der Waals surface area contributed by atoms with Crippen LogP contribution in [-0.4, -0.2) is 11.7 Å². The third-order valence-corrected chi connectivity index (χ3v) is 3.77. The van der Waals surface area contributed by atoms with Crippen molar-refractivity contribution < 1.29 is 13.9 Å². The quantitative estimate of drug-likeness (QED) is 0.773. The Morgan fingerprint density at radius 1 is 1.05 bits per heavy atom. The highest BCUT2D eigenvalue weighted by Gasteiger charge is 2.26. The molecule has 0 saturated heterocycles. The monoisotopic (exact) mass is 285 g/mol. The number of aliphatic hydroxyl groups excluding tert-OH is 1. The molecule has 0 radical (unpaired) electrons. The minimum absolute atomic E-state index is 0.140. The lowest BCUT2D eigenvalue weighted by Crippen LogP contribution is -2.21. The molecular formula is C17H16FNO2. The predicted molar refractivity (Wildman–Crippen MR) is 79.4 cm³/mol. The topological polar surface area (TPSA) is 59.4 Å². The molecule has 0 bridgehead atoms. The van der Waals surface area contributed by atoms with Crippen LogP contribution in [0.1, 0.15) is 23.1 Å². The van der Waals surface area contributed by atoms with Crippen molar-refractivity contribution in [2.45, 2.75) is 12.0 Å². The first-order chi connectivity index (χ1) is 10.2. The number of benzene rings is 2. The molecule has 108 valence electrons. The van der Waals surface area contributed by atoms with Gasteiger partial charge in [0.1, 0.15) is 11.4 Å². The molecule has 3 aromatic rings. The fourth-order valence-electron chi connectivity index (χ4n) is 2.65. The molecule has 0 fully saturated rings.